The van der Waals surface area contributed by atoms with Gasteiger partial charge in [-0.25, -0.2) is 0 Å². The Bertz CT molecular complexity index is 366. The summed E-state index contributed by atoms with van der Waals surface area (Å²) in [5, 5.41) is 6.02. The first kappa shape index (κ1) is 16.5. The third kappa shape index (κ3) is 4.87. The van der Waals surface area contributed by atoms with Crippen molar-refractivity contribution in [2.45, 2.75) is 65.3 Å². The third-order valence-corrected chi connectivity index (χ3v) is 3.61. The van der Waals surface area contributed by atoms with Crippen molar-refractivity contribution in [2.75, 3.05) is 0 Å². The van der Waals surface area contributed by atoms with Gasteiger partial charge >= 0.3 is 0 Å². The molecule has 2 unspecified atom stereocenters. The van der Waals surface area contributed by atoms with Crippen molar-refractivity contribution in [1.82, 2.24) is 10.6 Å². The highest BCUT2D eigenvalue weighted by atomic mass is 16.5. The molecule has 1 saturated carbocycles. The molecule has 20 heavy (non-hydrogen) atoms. The van der Waals surface area contributed by atoms with Gasteiger partial charge in [-0.1, -0.05) is 33.6 Å². The minimum atomic E-state index is -0.102. The molecule has 2 atom stereocenters. The Labute approximate surface area is 121 Å². The van der Waals surface area contributed by atoms with Crippen molar-refractivity contribution in [3.63, 3.8) is 0 Å². The van der Waals surface area contributed by atoms with Gasteiger partial charge in [0, 0.05) is 18.9 Å². The maximum absolute atomic E-state index is 11.3. The maximum atomic E-state index is 11.3. The molecule has 0 aromatic carbocycles. The molecule has 0 aromatic heterocycles. The third-order valence-electron chi connectivity index (χ3n) is 3.61. The van der Waals surface area contributed by atoms with E-state index < -0.39 is 0 Å². The molecule has 0 aromatic rings. The van der Waals surface area contributed by atoms with E-state index in [1.54, 1.807) is 0 Å². The van der Waals surface area contributed by atoms with Crippen LogP contribution in [-0.2, 0) is 14.3 Å². The Morgan fingerprint density at radius 2 is 2.05 bits per heavy atom. The summed E-state index contributed by atoms with van der Waals surface area (Å²) in [4.78, 5) is 21.7. The molecule has 0 saturated heterocycles. The lowest BCUT2D eigenvalue weighted by molar-refractivity contribution is -0.128. The van der Waals surface area contributed by atoms with Crippen molar-refractivity contribution in [3.8, 4) is 0 Å². The van der Waals surface area contributed by atoms with Crippen LogP contribution in [0.15, 0.2) is 11.6 Å². The summed E-state index contributed by atoms with van der Waals surface area (Å²) in [6.07, 6.45) is 5.83. The van der Waals surface area contributed by atoms with Gasteiger partial charge in [0.05, 0.1) is 5.70 Å². The van der Waals surface area contributed by atoms with Crippen LogP contribution in [0.4, 0.5) is 0 Å². The molecular weight excluding hydrogens is 256 g/mol. The van der Waals surface area contributed by atoms with Gasteiger partial charge in [0.15, 0.2) is 0 Å². The first-order valence-corrected chi connectivity index (χ1v) is 7.59. The maximum Gasteiger partial charge on any atom is 0.299 e. The Balaban J connectivity index is 0.000000956. The van der Waals surface area contributed by atoms with Gasteiger partial charge in [-0.3, -0.25) is 14.9 Å². The van der Waals surface area contributed by atoms with Crippen LogP contribution < -0.4 is 10.6 Å². The molecule has 5 heteroatoms. The summed E-state index contributed by atoms with van der Waals surface area (Å²) < 4.78 is 4.84. The standard InChI is InChI=1S/C13H20N2O3.C2H6/c1-9-3-2-4-10(7-9)14-11-5-6-12(17)15-13(11)18-8-16;1-2/h8-10,14H,2-7H2,1H3,(H,15,17);1-2H3. The molecule has 5 nitrogen and oxygen atoms in total. The lowest BCUT2D eigenvalue weighted by Gasteiger charge is -2.30. The van der Waals surface area contributed by atoms with E-state index in [2.05, 4.69) is 17.6 Å². The van der Waals surface area contributed by atoms with Gasteiger partial charge in [0.1, 0.15) is 0 Å². The van der Waals surface area contributed by atoms with Crippen molar-refractivity contribution in [1.29, 1.82) is 0 Å². The van der Waals surface area contributed by atoms with E-state index >= 15 is 0 Å². The van der Waals surface area contributed by atoms with Gasteiger partial charge in [-0.2, -0.15) is 0 Å². The average molecular weight is 282 g/mol. The normalized spacial score (nSPS) is 26.1. The van der Waals surface area contributed by atoms with Crippen molar-refractivity contribution >= 4 is 12.4 Å². The molecule has 0 radical (unpaired) electrons. The molecule has 1 aliphatic carbocycles. The summed E-state index contributed by atoms with van der Waals surface area (Å²) in [5.74, 6) is 0.902. The van der Waals surface area contributed by atoms with E-state index in [0.29, 0.717) is 25.4 Å². The first-order chi connectivity index (χ1) is 9.69. The Hall–Kier alpha value is -1.52. The average Bonchev–Trinajstić information content (AvgIpc) is 2.44. The zero-order chi connectivity index (χ0) is 15.0. The van der Waals surface area contributed by atoms with Gasteiger partial charge in [0.2, 0.25) is 11.8 Å². The molecule has 1 aliphatic heterocycles. The lowest BCUT2D eigenvalue weighted by atomic mass is 9.87. The Morgan fingerprint density at radius 1 is 1.30 bits per heavy atom. The fourth-order valence-corrected chi connectivity index (χ4v) is 2.71. The van der Waals surface area contributed by atoms with Crippen LogP contribution in [0, 0.1) is 5.92 Å². The van der Waals surface area contributed by atoms with Gasteiger partial charge in [0.25, 0.3) is 6.47 Å². The zero-order valence-corrected chi connectivity index (χ0v) is 12.7. The summed E-state index contributed by atoms with van der Waals surface area (Å²) in [7, 11) is 0. The molecule has 2 rings (SSSR count). The van der Waals surface area contributed by atoms with Gasteiger partial charge in [-0.05, 0) is 18.8 Å². The van der Waals surface area contributed by atoms with E-state index in [4.69, 9.17) is 4.74 Å². The quantitative estimate of drug-likeness (QED) is 0.777. The van der Waals surface area contributed by atoms with E-state index in [0.717, 1.165) is 24.5 Å². The largest absolute Gasteiger partial charge is 0.410 e. The minimum absolute atomic E-state index is 0.102. The second-order valence-corrected chi connectivity index (χ2v) is 5.18. The molecule has 1 amide bonds. The SMILES string of the molecule is CC.CC1CCCC(NC2=C(OC=O)NC(=O)CC2)C1. The van der Waals surface area contributed by atoms with E-state index in [1.807, 2.05) is 13.8 Å². The predicted molar refractivity (Wildman–Crippen MR) is 77.5 cm³/mol. The number of ether oxygens (including phenoxy) is 1. The fraction of sp³-hybridized carbons (Fsp3) is 0.733. The molecule has 114 valence electrons. The Morgan fingerprint density at radius 3 is 2.70 bits per heavy atom. The van der Waals surface area contributed by atoms with Crippen LogP contribution in [0.25, 0.3) is 0 Å². The minimum Gasteiger partial charge on any atom is -0.410 e. The predicted octanol–water partition coefficient (Wildman–Crippen LogP) is 2.43. The van der Waals surface area contributed by atoms with Crippen molar-refractivity contribution in [2.24, 2.45) is 5.92 Å². The molecule has 2 aliphatic rings. The number of hydrogen-bond acceptors (Lipinski definition) is 4. The van der Waals surface area contributed by atoms with E-state index in [1.165, 1.54) is 12.8 Å². The van der Waals surface area contributed by atoms with Crippen LogP contribution in [-0.4, -0.2) is 18.4 Å². The highest BCUT2D eigenvalue weighted by molar-refractivity contribution is 5.79. The monoisotopic (exact) mass is 282 g/mol. The molecule has 1 heterocycles. The second kappa shape index (κ2) is 8.61. The van der Waals surface area contributed by atoms with Crippen molar-refractivity contribution in [3.05, 3.63) is 11.6 Å². The highest BCUT2D eigenvalue weighted by Crippen LogP contribution is 2.25. The first-order valence-electron chi connectivity index (χ1n) is 7.59. The highest BCUT2D eigenvalue weighted by Gasteiger charge is 2.24. The number of nitrogens with one attached hydrogen (secondary N) is 2. The summed E-state index contributed by atoms with van der Waals surface area (Å²) in [5.41, 5.74) is 0.848. The topological polar surface area (TPSA) is 67.4 Å². The van der Waals surface area contributed by atoms with Crippen LogP contribution >= 0.6 is 0 Å². The van der Waals surface area contributed by atoms with Crippen LogP contribution in [0.3, 0.4) is 0 Å². The number of carbonyl (C=O) groups is 2. The number of allylic oxidation sites excluding steroid dienone is 1. The van der Waals surface area contributed by atoms with Crippen LogP contribution in [0.1, 0.15) is 59.3 Å². The number of amides is 1. The summed E-state index contributed by atoms with van der Waals surface area (Å²) in [6.45, 7) is 6.61. The fourth-order valence-electron chi connectivity index (χ4n) is 2.71. The van der Waals surface area contributed by atoms with E-state index in [9.17, 15) is 9.59 Å². The van der Waals surface area contributed by atoms with Crippen molar-refractivity contribution < 1.29 is 14.3 Å². The molecular formula is C15H26N2O3. The number of hydrogen-bond donors (Lipinski definition) is 2. The summed E-state index contributed by atoms with van der Waals surface area (Å²) in [6, 6.07) is 0.420. The molecule has 2 N–H and O–H groups in total. The smallest absolute Gasteiger partial charge is 0.299 e. The molecule has 0 spiro atoms. The molecule has 1 fully saturated rings. The lowest BCUT2D eigenvalue weighted by Crippen LogP contribution is -2.39. The van der Waals surface area contributed by atoms with Gasteiger partial charge < -0.3 is 10.1 Å². The van der Waals surface area contributed by atoms with Gasteiger partial charge in [-0.15, -0.1) is 0 Å². The zero-order valence-electron chi connectivity index (χ0n) is 12.7. The summed E-state index contributed by atoms with van der Waals surface area (Å²) >= 11 is 0. The number of rotatable bonds is 4. The van der Waals surface area contributed by atoms with Crippen LogP contribution in [0.2, 0.25) is 0 Å². The number of carbonyl (C=O) groups excluding carboxylic acids is 2. The van der Waals surface area contributed by atoms with Crippen LogP contribution in [0.5, 0.6) is 0 Å². The second-order valence-electron chi connectivity index (χ2n) is 5.18. The Kier molecular flexibility index (Phi) is 7.12. The molecule has 0 bridgehead atoms. The van der Waals surface area contributed by atoms with E-state index in [-0.39, 0.29) is 11.8 Å².